The van der Waals surface area contributed by atoms with Gasteiger partial charge in [0.05, 0.1) is 17.0 Å². The summed E-state index contributed by atoms with van der Waals surface area (Å²) in [6, 6.07) is 9.61. The summed E-state index contributed by atoms with van der Waals surface area (Å²) in [5.74, 6) is -0.104. The maximum absolute atomic E-state index is 12.2. The highest BCUT2D eigenvalue weighted by atomic mass is 32.2. The van der Waals surface area contributed by atoms with Gasteiger partial charge in [-0.25, -0.2) is 4.98 Å². The number of hydrogen-bond acceptors (Lipinski definition) is 5. The van der Waals surface area contributed by atoms with Crippen LogP contribution in [-0.2, 0) is 6.54 Å². The Hall–Kier alpha value is -2.12. The summed E-state index contributed by atoms with van der Waals surface area (Å²) < 4.78 is 1.84. The predicted molar refractivity (Wildman–Crippen MR) is 93.9 cm³/mol. The number of nitrogens with zero attached hydrogens (tertiary/aromatic N) is 3. The molecular formula is C16H16N4OS2. The number of carbonyl (C=O) groups excluding carboxylic acids is 1. The molecule has 1 N–H and O–H groups in total. The number of pyridine rings is 1. The molecule has 0 fully saturated rings. The van der Waals surface area contributed by atoms with E-state index >= 15 is 0 Å². The summed E-state index contributed by atoms with van der Waals surface area (Å²) in [7, 11) is 0. The molecule has 7 heteroatoms. The molecule has 0 aliphatic rings. The monoisotopic (exact) mass is 344 g/mol. The quantitative estimate of drug-likeness (QED) is 0.698. The van der Waals surface area contributed by atoms with E-state index in [0.717, 1.165) is 15.6 Å². The average Bonchev–Trinajstić information content (AvgIpc) is 3.26. The normalized spacial score (nSPS) is 10.7. The molecule has 23 heavy (non-hydrogen) atoms. The Morgan fingerprint density at radius 3 is 3.04 bits per heavy atom. The zero-order valence-corrected chi connectivity index (χ0v) is 14.2. The molecule has 3 heterocycles. The van der Waals surface area contributed by atoms with Gasteiger partial charge in [-0.2, -0.15) is 5.10 Å². The minimum absolute atomic E-state index is 0.104. The van der Waals surface area contributed by atoms with Crippen molar-refractivity contribution < 1.29 is 4.79 Å². The molecule has 0 aromatic carbocycles. The first kappa shape index (κ1) is 15.8. The highest BCUT2D eigenvalue weighted by molar-refractivity contribution is 7.98. The maximum atomic E-state index is 12.2. The minimum atomic E-state index is -0.104. The molecule has 0 bridgehead atoms. The van der Waals surface area contributed by atoms with Gasteiger partial charge < -0.3 is 5.32 Å². The van der Waals surface area contributed by atoms with E-state index < -0.39 is 0 Å². The topological polar surface area (TPSA) is 59.8 Å². The molecular weight excluding hydrogens is 328 g/mol. The van der Waals surface area contributed by atoms with Crippen LogP contribution < -0.4 is 5.32 Å². The highest BCUT2D eigenvalue weighted by Crippen LogP contribution is 2.22. The van der Waals surface area contributed by atoms with Gasteiger partial charge in [0.2, 0.25) is 0 Å². The van der Waals surface area contributed by atoms with Gasteiger partial charge in [-0.05, 0) is 35.9 Å². The number of thiophene rings is 1. The van der Waals surface area contributed by atoms with Gasteiger partial charge in [-0.1, -0.05) is 6.07 Å². The third kappa shape index (κ3) is 3.80. The molecule has 0 unspecified atom stereocenters. The summed E-state index contributed by atoms with van der Waals surface area (Å²) in [5, 5.41) is 10.2. The lowest BCUT2D eigenvalue weighted by molar-refractivity contribution is 0.0948. The van der Waals surface area contributed by atoms with Crippen molar-refractivity contribution in [3.05, 3.63) is 53.7 Å². The summed E-state index contributed by atoms with van der Waals surface area (Å²) in [6.45, 7) is 1.15. The number of carbonyl (C=O) groups is 1. The Morgan fingerprint density at radius 2 is 2.26 bits per heavy atom. The van der Waals surface area contributed by atoms with Gasteiger partial charge in [0.1, 0.15) is 10.7 Å². The van der Waals surface area contributed by atoms with Gasteiger partial charge in [0.25, 0.3) is 5.91 Å². The van der Waals surface area contributed by atoms with Crippen LogP contribution in [-0.4, -0.2) is 33.5 Å². The number of aromatic nitrogens is 3. The van der Waals surface area contributed by atoms with Crippen LogP contribution in [0.2, 0.25) is 0 Å². The SMILES string of the molecule is CSc1ncccc1C(=O)NCCn1ccc(-c2cccs2)n1. The van der Waals surface area contributed by atoms with E-state index in [1.165, 1.54) is 11.8 Å². The van der Waals surface area contributed by atoms with E-state index in [-0.39, 0.29) is 5.91 Å². The maximum Gasteiger partial charge on any atom is 0.254 e. The number of amides is 1. The Kier molecular flexibility index (Phi) is 5.09. The summed E-state index contributed by atoms with van der Waals surface area (Å²) in [6.07, 6.45) is 5.53. The molecule has 0 radical (unpaired) electrons. The summed E-state index contributed by atoms with van der Waals surface area (Å²) in [4.78, 5) is 17.6. The molecule has 0 atom stereocenters. The molecule has 0 saturated heterocycles. The van der Waals surface area contributed by atoms with E-state index in [0.29, 0.717) is 18.7 Å². The van der Waals surface area contributed by atoms with Crippen molar-refractivity contribution in [1.82, 2.24) is 20.1 Å². The zero-order valence-electron chi connectivity index (χ0n) is 12.6. The third-order valence-corrected chi connectivity index (χ3v) is 4.85. The van der Waals surface area contributed by atoms with Gasteiger partial charge >= 0.3 is 0 Å². The lowest BCUT2D eigenvalue weighted by Crippen LogP contribution is -2.28. The third-order valence-electron chi connectivity index (χ3n) is 3.25. The number of nitrogens with one attached hydrogen (secondary N) is 1. The second-order valence-electron chi connectivity index (χ2n) is 4.76. The molecule has 0 spiro atoms. The Balaban J connectivity index is 1.56. The molecule has 1 amide bonds. The highest BCUT2D eigenvalue weighted by Gasteiger charge is 2.11. The van der Waals surface area contributed by atoms with Gasteiger partial charge in [0, 0.05) is 18.9 Å². The van der Waals surface area contributed by atoms with Crippen molar-refractivity contribution in [3.8, 4) is 10.6 Å². The van der Waals surface area contributed by atoms with Crippen molar-refractivity contribution in [2.24, 2.45) is 0 Å². The van der Waals surface area contributed by atoms with E-state index in [1.807, 2.05) is 40.7 Å². The molecule has 5 nitrogen and oxygen atoms in total. The van der Waals surface area contributed by atoms with Crippen LogP contribution in [0.25, 0.3) is 10.6 Å². The van der Waals surface area contributed by atoms with E-state index in [4.69, 9.17) is 0 Å². The average molecular weight is 344 g/mol. The van der Waals surface area contributed by atoms with E-state index in [1.54, 1.807) is 29.7 Å². The first-order chi connectivity index (χ1) is 11.3. The molecule has 0 aliphatic heterocycles. The van der Waals surface area contributed by atoms with E-state index in [2.05, 4.69) is 15.4 Å². The Morgan fingerprint density at radius 1 is 1.35 bits per heavy atom. The fraction of sp³-hybridized carbons (Fsp3) is 0.188. The van der Waals surface area contributed by atoms with Crippen molar-refractivity contribution >= 4 is 29.0 Å². The number of hydrogen-bond donors (Lipinski definition) is 1. The molecule has 0 aliphatic carbocycles. The first-order valence-corrected chi connectivity index (χ1v) is 9.23. The van der Waals surface area contributed by atoms with E-state index in [9.17, 15) is 4.79 Å². The molecule has 0 saturated carbocycles. The van der Waals surface area contributed by atoms with Crippen LogP contribution in [0.1, 0.15) is 10.4 Å². The lowest BCUT2D eigenvalue weighted by atomic mass is 10.2. The Bertz CT molecular complexity index is 783. The second-order valence-corrected chi connectivity index (χ2v) is 6.50. The predicted octanol–water partition coefficient (Wildman–Crippen LogP) is 3.16. The zero-order chi connectivity index (χ0) is 16.1. The van der Waals surface area contributed by atoms with Gasteiger partial charge in [-0.3, -0.25) is 9.48 Å². The number of rotatable bonds is 6. The molecule has 3 aromatic heterocycles. The van der Waals surface area contributed by atoms with Crippen molar-refractivity contribution in [3.63, 3.8) is 0 Å². The van der Waals surface area contributed by atoms with Crippen molar-refractivity contribution in [1.29, 1.82) is 0 Å². The Labute approximate surface area is 142 Å². The first-order valence-electron chi connectivity index (χ1n) is 7.12. The lowest BCUT2D eigenvalue weighted by Gasteiger charge is -2.07. The largest absolute Gasteiger partial charge is 0.350 e. The van der Waals surface area contributed by atoms with Crippen LogP contribution in [0, 0.1) is 0 Å². The van der Waals surface area contributed by atoms with Crippen molar-refractivity contribution in [2.45, 2.75) is 11.6 Å². The smallest absolute Gasteiger partial charge is 0.254 e. The number of thioether (sulfide) groups is 1. The van der Waals surface area contributed by atoms with Crippen LogP contribution in [0.15, 0.2) is 53.1 Å². The van der Waals surface area contributed by atoms with Crippen molar-refractivity contribution in [2.75, 3.05) is 12.8 Å². The standard InChI is InChI=1S/C16H16N4OS2/c1-22-16-12(4-2-7-18-16)15(21)17-8-10-20-9-6-13(19-20)14-5-3-11-23-14/h2-7,9,11H,8,10H2,1H3,(H,17,21). The summed E-state index contributed by atoms with van der Waals surface area (Å²) >= 11 is 3.13. The van der Waals surface area contributed by atoms with Crippen LogP contribution in [0.4, 0.5) is 0 Å². The van der Waals surface area contributed by atoms with Gasteiger partial charge in [0.15, 0.2) is 0 Å². The second kappa shape index (κ2) is 7.43. The fourth-order valence-electron chi connectivity index (χ4n) is 2.15. The molecule has 118 valence electrons. The minimum Gasteiger partial charge on any atom is -0.350 e. The van der Waals surface area contributed by atoms with Crippen LogP contribution in [0.3, 0.4) is 0 Å². The van der Waals surface area contributed by atoms with Crippen LogP contribution in [0.5, 0.6) is 0 Å². The molecule has 3 rings (SSSR count). The van der Waals surface area contributed by atoms with Gasteiger partial charge in [-0.15, -0.1) is 23.1 Å². The summed E-state index contributed by atoms with van der Waals surface area (Å²) in [5.41, 5.74) is 1.57. The van der Waals surface area contributed by atoms with Crippen LogP contribution >= 0.6 is 23.1 Å². The molecule has 3 aromatic rings. The fourth-order valence-corrected chi connectivity index (χ4v) is 3.38.